The number of benzene rings is 2. The Bertz CT molecular complexity index is 1450. The van der Waals surface area contributed by atoms with Gasteiger partial charge in [0.1, 0.15) is 18.0 Å². The number of likely N-dealkylation sites (tertiary alicyclic amines) is 1. The number of ether oxygens (including phenoxy) is 2. The third kappa shape index (κ3) is 6.57. The first-order valence-corrected chi connectivity index (χ1v) is 14.3. The number of anilines is 1. The van der Waals surface area contributed by atoms with Crippen molar-refractivity contribution in [1.29, 1.82) is 5.26 Å². The average molecular weight is 574 g/mol. The molecule has 1 amide bonds. The van der Waals surface area contributed by atoms with E-state index in [9.17, 15) is 10.1 Å². The minimum Gasteiger partial charge on any atom is -0.487 e. The van der Waals surface area contributed by atoms with E-state index in [1.807, 2.05) is 68.1 Å². The number of hydrogen-bond donors (Lipinski definition) is 0. The highest BCUT2D eigenvalue weighted by Crippen LogP contribution is 2.35. The normalized spacial score (nSPS) is 18.7. The molecule has 1 aromatic heterocycles. The molecule has 0 saturated carbocycles. The molecule has 2 saturated heterocycles. The van der Waals surface area contributed by atoms with Gasteiger partial charge < -0.3 is 19.3 Å². The lowest BCUT2D eigenvalue weighted by atomic mass is 9.78. The lowest BCUT2D eigenvalue weighted by Crippen LogP contribution is -2.37. The maximum Gasteiger partial charge on any atom is 0.410 e. The van der Waals surface area contributed by atoms with E-state index in [0.717, 1.165) is 35.7 Å². The summed E-state index contributed by atoms with van der Waals surface area (Å²) in [6.45, 7) is 13.2. The number of aromatic nitrogens is 2. The minimum atomic E-state index is -0.490. The van der Waals surface area contributed by atoms with Gasteiger partial charge in [-0.3, -0.25) is 0 Å². The van der Waals surface area contributed by atoms with Crippen molar-refractivity contribution >= 4 is 23.6 Å². The predicted octanol–water partition coefficient (Wildman–Crippen LogP) is 6.21. The molecule has 9 heteroatoms. The van der Waals surface area contributed by atoms with Gasteiger partial charge in [-0.1, -0.05) is 37.6 Å². The van der Waals surface area contributed by atoms with Crippen LogP contribution in [0.4, 0.5) is 10.7 Å². The Kier molecular flexibility index (Phi) is 7.85. The molecule has 0 bridgehead atoms. The second-order valence-corrected chi connectivity index (χ2v) is 12.9. The van der Waals surface area contributed by atoms with Gasteiger partial charge in [0.15, 0.2) is 0 Å². The predicted molar refractivity (Wildman–Crippen MR) is 158 cm³/mol. The molecule has 2 aromatic carbocycles. The molecule has 2 atom stereocenters. The third-order valence-corrected chi connectivity index (χ3v) is 8.05. The Morgan fingerprint density at radius 1 is 1.00 bits per heavy atom. The standard InChI is InChI=1S/C32H36ClN5O3/c1-31(2,3)41-30(39)38-18-22-16-37(17-23(22)19-38)29-35-11-10-27(36-29)20-40-28-8-6-24(7-9-28)32(4,5)25-12-21(15-34)13-26(33)14-25/h6-14,22-23H,16-20H2,1-5H3. The van der Waals surface area contributed by atoms with Crippen LogP contribution in [-0.2, 0) is 16.8 Å². The van der Waals surface area contributed by atoms with Gasteiger partial charge >= 0.3 is 6.09 Å². The first-order valence-electron chi connectivity index (χ1n) is 13.9. The van der Waals surface area contributed by atoms with Crippen LogP contribution in [0.15, 0.2) is 54.7 Å². The number of hydrogen-bond acceptors (Lipinski definition) is 7. The molecule has 214 valence electrons. The molecule has 2 aliphatic heterocycles. The molecule has 41 heavy (non-hydrogen) atoms. The Hall–Kier alpha value is -3.83. The maximum atomic E-state index is 12.5. The van der Waals surface area contributed by atoms with Crippen molar-refractivity contribution in [1.82, 2.24) is 14.9 Å². The number of nitrogens with zero attached hydrogens (tertiary/aromatic N) is 5. The molecule has 3 heterocycles. The number of rotatable bonds is 6. The van der Waals surface area contributed by atoms with E-state index in [1.54, 1.807) is 12.3 Å². The van der Waals surface area contributed by atoms with E-state index < -0.39 is 5.60 Å². The lowest BCUT2D eigenvalue weighted by Gasteiger charge is -2.27. The van der Waals surface area contributed by atoms with E-state index in [1.165, 1.54) is 0 Å². The summed E-state index contributed by atoms with van der Waals surface area (Å²) in [4.78, 5) is 25.8. The second-order valence-electron chi connectivity index (χ2n) is 12.4. The minimum absolute atomic E-state index is 0.233. The van der Waals surface area contributed by atoms with E-state index in [2.05, 4.69) is 29.8 Å². The highest BCUT2D eigenvalue weighted by Gasteiger charge is 2.43. The summed E-state index contributed by atoms with van der Waals surface area (Å²) in [5, 5.41) is 9.88. The first kappa shape index (κ1) is 28.7. The smallest absolute Gasteiger partial charge is 0.410 e. The SMILES string of the molecule is CC(C)(C)OC(=O)N1CC2CN(c3nccc(COc4ccc(C(C)(C)c5cc(Cl)cc(C#N)c5)cc4)n3)CC2C1. The lowest BCUT2D eigenvalue weighted by molar-refractivity contribution is 0.0282. The fourth-order valence-corrected chi connectivity index (χ4v) is 5.79. The van der Waals surface area contributed by atoms with Crippen molar-refractivity contribution in [3.05, 3.63) is 82.1 Å². The molecule has 2 aliphatic rings. The summed E-state index contributed by atoms with van der Waals surface area (Å²) in [6.07, 6.45) is 1.54. The molecule has 0 aliphatic carbocycles. The Balaban J connectivity index is 1.18. The molecule has 0 N–H and O–H groups in total. The van der Waals surface area contributed by atoms with Crippen LogP contribution in [0.25, 0.3) is 0 Å². The van der Waals surface area contributed by atoms with Crippen LogP contribution in [0.5, 0.6) is 5.75 Å². The van der Waals surface area contributed by atoms with Crippen LogP contribution in [-0.4, -0.2) is 52.7 Å². The molecular formula is C32H36ClN5O3. The Morgan fingerprint density at radius 2 is 1.68 bits per heavy atom. The van der Waals surface area contributed by atoms with E-state index in [4.69, 9.17) is 26.1 Å². The molecule has 8 nitrogen and oxygen atoms in total. The monoisotopic (exact) mass is 573 g/mol. The summed E-state index contributed by atoms with van der Waals surface area (Å²) >= 11 is 6.26. The number of carbonyl (C=O) groups excluding carboxylic acids is 1. The zero-order valence-corrected chi connectivity index (χ0v) is 25.0. The van der Waals surface area contributed by atoms with Gasteiger partial charge in [-0.25, -0.2) is 14.8 Å². The number of amides is 1. The Morgan fingerprint density at radius 3 is 2.32 bits per heavy atom. The quantitative estimate of drug-likeness (QED) is 0.346. The zero-order valence-electron chi connectivity index (χ0n) is 24.2. The number of carbonyl (C=O) groups is 1. The number of fused-ring (bicyclic) bond motifs is 1. The van der Waals surface area contributed by atoms with Gasteiger partial charge in [0.05, 0.1) is 17.3 Å². The average Bonchev–Trinajstić information content (AvgIpc) is 3.51. The van der Waals surface area contributed by atoms with Crippen LogP contribution < -0.4 is 9.64 Å². The Labute approximate surface area is 246 Å². The topological polar surface area (TPSA) is 91.6 Å². The maximum absolute atomic E-state index is 12.5. The van der Waals surface area contributed by atoms with Gasteiger partial charge in [0.25, 0.3) is 0 Å². The van der Waals surface area contributed by atoms with Crippen molar-refractivity contribution in [2.45, 2.75) is 52.2 Å². The molecular weight excluding hydrogens is 538 g/mol. The van der Waals surface area contributed by atoms with Gasteiger partial charge in [-0.15, -0.1) is 0 Å². The summed E-state index contributed by atoms with van der Waals surface area (Å²) in [5.41, 5.74) is 2.58. The van der Waals surface area contributed by atoms with Crippen molar-refractivity contribution in [2.75, 3.05) is 31.1 Å². The number of halogens is 1. The zero-order chi connectivity index (χ0) is 29.4. The second kappa shape index (κ2) is 11.2. The van der Waals surface area contributed by atoms with Crippen LogP contribution in [0.2, 0.25) is 5.02 Å². The molecule has 2 unspecified atom stereocenters. The molecule has 0 radical (unpaired) electrons. The van der Waals surface area contributed by atoms with Gasteiger partial charge in [0.2, 0.25) is 5.95 Å². The van der Waals surface area contributed by atoms with Gasteiger partial charge in [0, 0.05) is 54.6 Å². The molecule has 5 rings (SSSR count). The highest BCUT2D eigenvalue weighted by atomic mass is 35.5. The summed E-state index contributed by atoms with van der Waals surface area (Å²) in [7, 11) is 0. The van der Waals surface area contributed by atoms with Gasteiger partial charge in [-0.2, -0.15) is 5.26 Å². The molecule has 0 spiro atoms. The third-order valence-electron chi connectivity index (χ3n) is 7.83. The van der Waals surface area contributed by atoms with E-state index in [0.29, 0.717) is 48.1 Å². The van der Waals surface area contributed by atoms with Crippen LogP contribution in [0.1, 0.15) is 57.0 Å². The van der Waals surface area contributed by atoms with Crippen LogP contribution >= 0.6 is 11.6 Å². The number of nitriles is 1. The van der Waals surface area contributed by atoms with Crippen molar-refractivity contribution in [2.24, 2.45) is 11.8 Å². The highest BCUT2D eigenvalue weighted by molar-refractivity contribution is 6.30. The van der Waals surface area contributed by atoms with E-state index in [-0.39, 0.29) is 11.5 Å². The van der Waals surface area contributed by atoms with Crippen LogP contribution in [0.3, 0.4) is 0 Å². The first-order chi connectivity index (χ1) is 19.4. The van der Waals surface area contributed by atoms with Crippen molar-refractivity contribution < 1.29 is 14.3 Å². The molecule has 2 fully saturated rings. The van der Waals surface area contributed by atoms with Crippen molar-refractivity contribution in [3.8, 4) is 11.8 Å². The van der Waals surface area contributed by atoms with Gasteiger partial charge in [-0.05, 0) is 68.3 Å². The largest absolute Gasteiger partial charge is 0.487 e. The fraction of sp³-hybridized carbons (Fsp3) is 0.438. The fourth-order valence-electron chi connectivity index (χ4n) is 5.56. The summed E-state index contributed by atoms with van der Waals surface area (Å²) in [5.74, 6) is 2.20. The van der Waals surface area contributed by atoms with Crippen molar-refractivity contribution in [3.63, 3.8) is 0 Å². The van der Waals surface area contributed by atoms with Crippen LogP contribution in [0, 0.1) is 23.2 Å². The summed E-state index contributed by atoms with van der Waals surface area (Å²) < 4.78 is 11.6. The summed E-state index contributed by atoms with van der Waals surface area (Å²) in [6, 6.07) is 17.5. The molecule has 3 aromatic rings. The van der Waals surface area contributed by atoms with E-state index >= 15 is 0 Å².